The van der Waals surface area contributed by atoms with Crippen LogP contribution in [0.15, 0.2) is 0 Å². The highest BCUT2D eigenvalue weighted by atomic mass is 35.5. The third kappa shape index (κ3) is 7.88. The smallest absolute Gasteiger partial charge is 0.149 e. The van der Waals surface area contributed by atoms with E-state index in [0.29, 0.717) is 12.8 Å². The van der Waals surface area contributed by atoms with E-state index in [1.165, 1.54) is 0 Å². The first-order chi connectivity index (χ1) is 3.81. The van der Waals surface area contributed by atoms with E-state index in [-0.39, 0.29) is 12.4 Å². The fourth-order valence-electron chi connectivity index (χ4n) is 0.340. The van der Waals surface area contributed by atoms with Crippen LogP contribution in [0.3, 0.4) is 0 Å². The van der Waals surface area contributed by atoms with Crippen molar-refractivity contribution >= 4 is 18.7 Å². The summed E-state index contributed by atoms with van der Waals surface area (Å²) in [6.45, 7) is 3.06. The molecule has 0 saturated carbocycles. The van der Waals surface area contributed by atoms with E-state index in [1.54, 1.807) is 0 Å². The van der Waals surface area contributed by atoms with Crippen LogP contribution in [0.25, 0.3) is 0 Å². The second-order valence-electron chi connectivity index (χ2n) is 1.51. The lowest BCUT2D eigenvalue weighted by Crippen LogP contribution is -2.27. The van der Waals surface area contributed by atoms with Crippen LogP contribution in [0.4, 0.5) is 0 Å². The summed E-state index contributed by atoms with van der Waals surface area (Å²) in [6, 6.07) is 0. The molecule has 0 amide bonds. The van der Waals surface area contributed by atoms with E-state index in [9.17, 15) is 4.79 Å². The largest absolute Gasteiger partial charge is 0.384 e. The fourth-order valence-corrected chi connectivity index (χ4v) is 0.340. The van der Waals surface area contributed by atoms with Gasteiger partial charge in [-0.15, -0.1) is 12.4 Å². The first-order valence-corrected chi connectivity index (χ1v) is 2.65. The first-order valence-electron chi connectivity index (χ1n) is 2.65. The monoisotopic (exact) mass is 153 g/mol. The van der Waals surface area contributed by atoms with Crippen molar-refractivity contribution in [2.75, 3.05) is 13.1 Å². The van der Waals surface area contributed by atoms with Gasteiger partial charge >= 0.3 is 0 Å². The van der Waals surface area contributed by atoms with E-state index < -0.39 is 6.10 Å². The average Bonchev–Trinajstić information content (AvgIpc) is 1.83. The van der Waals surface area contributed by atoms with Crippen molar-refractivity contribution in [2.24, 2.45) is 0 Å². The molecule has 0 fully saturated rings. The van der Waals surface area contributed by atoms with Crippen molar-refractivity contribution in [3.63, 3.8) is 0 Å². The van der Waals surface area contributed by atoms with Crippen molar-refractivity contribution < 1.29 is 9.90 Å². The zero-order valence-corrected chi connectivity index (χ0v) is 6.15. The fraction of sp³-hybridized carbons (Fsp3) is 0.800. The Morgan fingerprint density at radius 2 is 2.33 bits per heavy atom. The standard InChI is InChI=1S/C5H11NO2.ClH/c1-2-6-3-5(8)4-7;/h4-6,8H,2-3H2,1H3;1H. The molecule has 1 atom stereocenters. The quantitative estimate of drug-likeness (QED) is 0.540. The Morgan fingerprint density at radius 3 is 2.67 bits per heavy atom. The lowest BCUT2D eigenvalue weighted by molar-refractivity contribution is -0.114. The van der Waals surface area contributed by atoms with E-state index in [1.807, 2.05) is 6.92 Å². The van der Waals surface area contributed by atoms with Gasteiger partial charge in [0, 0.05) is 6.54 Å². The SMILES string of the molecule is CCNCC(O)C=O.Cl. The number of aliphatic hydroxyl groups is 1. The summed E-state index contributed by atoms with van der Waals surface area (Å²) in [7, 11) is 0. The average molecular weight is 154 g/mol. The van der Waals surface area contributed by atoms with Gasteiger partial charge in [0.2, 0.25) is 0 Å². The molecule has 0 aromatic carbocycles. The molecule has 0 radical (unpaired) electrons. The van der Waals surface area contributed by atoms with Gasteiger partial charge < -0.3 is 15.2 Å². The van der Waals surface area contributed by atoms with E-state index in [4.69, 9.17) is 5.11 Å². The topological polar surface area (TPSA) is 49.3 Å². The lowest BCUT2D eigenvalue weighted by Gasteiger charge is -2.00. The van der Waals surface area contributed by atoms with Gasteiger partial charge in [-0.05, 0) is 6.54 Å². The molecule has 0 rings (SSSR count). The van der Waals surface area contributed by atoms with Crippen LogP contribution in [0, 0.1) is 0 Å². The molecule has 0 aliphatic carbocycles. The number of hydrogen-bond acceptors (Lipinski definition) is 3. The summed E-state index contributed by atoms with van der Waals surface area (Å²) >= 11 is 0. The maximum atomic E-state index is 9.72. The van der Waals surface area contributed by atoms with Gasteiger partial charge in [-0.3, -0.25) is 0 Å². The molecule has 0 aromatic heterocycles. The summed E-state index contributed by atoms with van der Waals surface area (Å²) in [6.07, 6.45) is -0.321. The Labute approximate surface area is 60.9 Å². The van der Waals surface area contributed by atoms with Gasteiger partial charge in [0.05, 0.1) is 0 Å². The highest BCUT2D eigenvalue weighted by Crippen LogP contribution is 1.69. The third-order valence-corrected chi connectivity index (χ3v) is 0.761. The Kier molecular flexibility index (Phi) is 10.2. The molecule has 4 heteroatoms. The summed E-state index contributed by atoms with van der Waals surface area (Å²) in [5.41, 5.74) is 0. The second kappa shape index (κ2) is 7.88. The number of aliphatic hydroxyl groups excluding tert-OH is 1. The molecule has 1 unspecified atom stereocenters. The number of carbonyl (C=O) groups is 1. The molecule has 0 bridgehead atoms. The summed E-state index contributed by atoms with van der Waals surface area (Å²) in [4.78, 5) is 9.72. The van der Waals surface area contributed by atoms with E-state index in [2.05, 4.69) is 5.32 Å². The number of halogens is 1. The molecular weight excluding hydrogens is 142 g/mol. The van der Waals surface area contributed by atoms with Crippen molar-refractivity contribution in [3.05, 3.63) is 0 Å². The van der Waals surface area contributed by atoms with Crippen LogP contribution < -0.4 is 5.32 Å². The zero-order valence-electron chi connectivity index (χ0n) is 5.33. The van der Waals surface area contributed by atoms with Crippen LogP contribution in [0.2, 0.25) is 0 Å². The van der Waals surface area contributed by atoms with Gasteiger partial charge in [0.1, 0.15) is 12.4 Å². The maximum absolute atomic E-state index is 9.72. The van der Waals surface area contributed by atoms with Gasteiger partial charge in [-0.1, -0.05) is 6.92 Å². The van der Waals surface area contributed by atoms with Gasteiger partial charge in [0.25, 0.3) is 0 Å². The van der Waals surface area contributed by atoms with Crippen LogP contribution in [0.5, 0.6) is 0 Å². The van der Waals surface area contributed by atoms with Crippen LogP contribution in [-0.4, -0.2) is 30.6 Å². The summed E-state index contributed by atoms with van der Waals surface area (Å²) in [5.74, 6) is 0. The number of rotatable bonds is 4. The number of aldehydes is 1. The number of carbonyl (C=O) groups excluding carboxylic acids is 1. The molecule has 0 aromatic rings. The number of likely N-dealkylation sites (N-methyl/N-ethyl adjacent to an activating group) is 1. The minimum Gasteiger partial charge on any atom is -0.384 e. The van der Waals surface area contributed by atoms with E-state index >= 15 is 0 Å². The molecule has 0 aliphatic rings. The molecule has 0 heterocycles. The summed E-state index contributed by atoms with van der Waals surface area (Å²) < 4.78 is 0. The predicted octanol–water partition coefficient (Wildman–Crippen LogP) is -0.422. The van der Waals surface area contributed by atoms with Gasteiger partial charge in [-0.2, -0.15) is 0 Å². The number of nitrogens with one attached hydrogen (secondary N) is 1. The molecule has 9 heavy (non-hydrogen) atoms. The Bertz CT molecular complexity index is 70.0. The minimum absolute atomic E-state index is 0. The molecule has 2 N–H and O–H groups in total. The first kappa shape index (κ1) is 11.6. The normalized spacial score (nSPS) is 11.8. The summed E-state index contributed by atoms with van der Waals surface area (Å²) in [5, 5.41) is 11.4. The third-order valence-electron chi connectivity index (χ3n) is 0.761. The van der Waals surface area contributed by atoms with Gasteiger partial charge in [-0.25, -0.2) is 0 Å². The van der Waals surface area contributed by atoms with Crippen molar-refractivity contribution in [1.29, 1.82) is 0 Å². The highest BCUT2D eigenvalue weighted by Gasteiger charge is 1.96. The molecule has 3 nitrogen and oxygen atoms in total. The molecule has 0 aliphatic heterocycles. The van der Waals surface area contributed by atoms with E-state index in [0.717, 1.165) is 6.54 Å². The highest BCUT2D eigenvalue weighted by molar-refractivity contribution is 5.85. The van der Waals surface area contributed by atoms with Crippen LogP contribution in [-0.2, 0) is 4.79 Å². The minimum atomic E-state index is -0.838. The van der Waals surface area contributed by atoms with Crippen molar-refractivity contribution in [2.45, 2.75) is 13.0 Å². The Morgan fingerprint density at radius 1 is 1.78 bits per heavy atom. The molecule has 56 valence electrons. The molecule has 0 saturated heterocycles. The number of hydrogen-bond donors (Lipinski definition) is 2. The second-order valence-corrected chi connectivity index (χ2v) is 1.51. The molecular formula is C5H12ClNO2. The zero-order chi connectivity index (χ0) is 6.41. The van der Waals surface area contributed by atoms with Gasteiger partial charge in [0.15, 0.2) is 0 Å². The lowest BCUT2D eigenvalue weighted by atomic mass is 10.4. The Hall–Kier alpha value is -0.120. The van der Waals surface area contributed by atoms with Crippen LogP contribution in [0.1, 0.15) is 6.92 Å². The molecule has 0 spiro atoms. The van der Waals surface area contributed by atoms with Crippen LogP contribution >= 0.6 is 12.4 Å². The Balaban J connectivity index is 0. The maximum Gasteiger partial charge on any atom is 0.149 e. The predicted molar refractivity (Wildman–Crippen MR) is 37.9 cm³/mol. The van der Waals surface area contributed by atoms with Crippen molar-refractivity contribution in [3.8, 4) is 0 Å². The van der Waals surface area contributed by atoms with Crippen molar-refractivity contribution in [1.82, 2.24) is 5.32 Å².